The Morgan fingerprint density at radius 1 is 1.47 bits per heavy atom. The van der Waals surface area contributed by atoms with Gasteiger partial charge in [-0.2, -0.15) is 0 Å². The van der Waals surface area contributed by atoms with Gasteiger partial charge in [0.15, 0.2) is 0 Å². The molecule has 2 rings (SSSR count). The van der Waals surface area contributed by atoms with E-state index >= 15 is 0 Å². The average Bonchev–Trinajstić information content (AvgIpc) is 2.98. The minimum atomic E-state index is -0.108. The van der Waals surface area contributed by atoms with E-state index in [1.165, 1.54) is 25.7 Å². The van der Waals surface area contributed by atoms with Crippen molar-refractivity contribution < 1.29 is 4.79 Å². The summed E-state index contributed by atoms with van der Waals surface area (Å²) in [6, 6.07) is 0.180. The number of nitrogens with two attached hydrogens (primary N) is 1. The summed E-state index contributed by atoms with van der Waals surface area (Å²) in [7, 11) is 0. The minimum Gasteiger partial charge on any atom is -0.354 e. The lowest BCUT2D eigenvalue weighted by Gasteiger charge is -2.23. The van der Waals surface area contributed by atoms with Crippen LogP contribution in [0.3, 0.4) is 0 Å². The van der Waals surface area contributed by atoms with Crippen LogP contribution in [-0.2, 0) is 4.79 Å². The number of nitrogens with one attached hydrogen (secondary N) is 1. The van der Waals surface area contributed by atoms with Gasteiger partial charge < -0.3 is 11.1 Å². The molecule has 0 heterocycles. The monoisotopic (exact) mass is 210 g/mol. The molecule has 2 aliphatic rings. The summed E-state index contributed by atoms with van der Waals surface area (Å²) in [6.45, 7) is 2.75. The Morgan fingerprint density at radius 2 is 2.07 bits per heavy atom. The van der Waals surface area contributed by atoms with Crippen LogP contribution in [0.5, 0.6) is 0 Å². The molecule has 1 amide bonds. The zero-order valence-corrected chi connectivity index (χ0v) is 9.59. The number of hydrogen-bond acceptors (Lipinski definition) is 2. The van der Waals surface area contributed by atoms with E-state index in [1.807, 2.05) is 0 Å². The van der Waals surface area contributed by atoms with Crippen LogP contribution in [0.1, 0.15) is 45.4 Å². The van der Waals surface area contributed by atoms with Gasteiger partial charge in [0, 0.05) is 18.0 Å². The summed E-state index contributed by atoms with van der Waals surface area (Å²) in [5, 5.41) is 3.02. The highest BCUT2D eigenvalue weighted by Gasteiger charge is 2.36. The number of carbonyl (C=O) groups is 1. The van der Waals surface area contributed by atoms with Crippen molar-refractivity contribution in [3.8, 4) is 0 Å². The summed E-state index contributed by atoms with van der Waals surface area (Å²) >= 11 is 0. The van der Waals surface area contributed by atoms with E-state index < -0.39 is 0 Å². The molecule has 1 atom stereocenters. The summed E-state index contributed by atoms with van der Waals surface area (Å²) in [6.07, 6.45) is 6.95. The molecule has 0 aromatic rings. The fraction of sp³-hybridized carbons (Fsp3) is 0.917. The van der Waals surface area contributed by atoms with E-state index in [1.54, 1.807) is 0 Å². The molecule has 3 N–H and O–H groups in total. The van der Waals surface area contributed by atoms with Gasteiger partial charge in [-0.3, -0.25) is 4.79 Å². The molecule has 2 saturated carbocycles. The highest BCUT2D eigenvalue weighted by molar-refractivity contribution is 5.82. The topological polar surface area (TPSA) is 55.1 Å². The van der Waals surface area contributed by atoms with Gasteiger partial charge in [-0.15, -0.1) is 0 Å². The van der Waals surface area contributed by atoms with E-state index in [9.17, 15) is 4.79 Å². The molecule has 2 fully saturated rings. The fourth-order valence-corrected chi connectivity index (χ4v) is 2.50. The average molecular weight is 210 g/mol. The van der Waals surface area contributed by atoms with Crippen molar-refractivity contribution in [3.63, 3.8) is 0 Å². The van der Waals surface area contributed by atoms with Gasteiger partial charge in [-0.25, -0.2) is 0 Å². The number of rotatable bonds is 4. The van der Waals surface area contributed by atoms with Crippen LogP contribution in [0.25, 0.3) is 0 Å². The van der Waals surface area contributed by atoms with Crippen LogP contribution in [0, 0.1) is 11.3 Å². The minimum absolute atomic E-state index is 0.108. The second-order valence-electron chi connectivity index (χ2n) is 5.48. The lowest BCUT2D eigenvalue weighted by molar-refractivity contribution is -0.129. The zero-order valence-electron chi connectivity index (χ0n) is 9.59. The van der Waals surface area contributed by atoms with E-state index in [0.717, 1.165) is 12.8 Å². The molecule has 15 heavy (non-hydrogen) atoms. The first-order valence-corrected chi connectivity index (χ1v) is 6.16. The van der Waals surface area contributed by atoms with Gasteiger partial charge >= 0.3 is 0 Å². The van der Waals surface area contributed by atoms with E-state index in [-0.39, 0.29) is 17.4 Å². The van der Waals surface area contributed by atoms with Gasteiger partial charge in [-0.1, -0.05) is 19.8 Å². The third kappa shape index (κ3) is 2.51. The molecule has 0 bridgehead atoms. The molecule has 0 aliphatic heterocycles. The van der Waals surface area contributed by atoms with E-state index in [2.05, 4.69) is 12.2 Å². The Kier molecular flexibility index (Phi) is 3.01. The first kappa shape index (κ1) is 10.9. The van der Waals surface area contributed by atoms with Crippen molar-refractivity contribution in [2.24, 2.45) is 17.1 Å². The summed E-state index contributed by atoms with van der Waals surface area (Å²) in [4.78, 5) is 11.9. The van der Waals surface area contributed by atoms with Gasteiger partial charge in [0.1, 0.15) is 0 Å². The zero-order chi connectivity index (χ0) is 10.9. The van der Waals surface area contributed by atoms with E-state index in [4.69, 9.17) is 5.73 Å². The lowest BCUT2D eigenvalue weighted by atomic mass is 9.88. The molecule has 1 unspecified atom stereocenters. The first-order chi connectivity index (χ1) is 7.12. The molecular weight excluding hydrogens is 188 g/mol. The Balaban J connectivity index is 1.75. The molecule has 0 aromatic heterocycles. The van der Waals surface area contributed by atoms with E-state index in [0.29, 0.717) is 12.5 Å². The van der Waals surface area contributed by atoms with Crippen LogP contribution < -0.4 is 11.1 Å². The Bertz CT molecular complexity index is 242. The maximum absolute atomic E-state index is 11.9. The van der Waals surface area contributed by atoms with Crippen LogP contribution in [0.4, 0.5) is 0 Å². The lowest BCUT2D eigenvalue weighted by Crippen LogP contribution is -2.44. The van der Waals surface area contributed by atoms with Gasteiger partial charge in [0.2, 0.25) is 5.91 Å². The van der Waals surface area contributed by atoms with Gasteiger partial charge in [-0.05, 0) is 31.6 Å². The molecule has 0 spiro atoms. The van der Waals surface area contributed by atoms with Gasteiger partial charge in [0.05, 0.1) is 0 Å². The second kappa shape index (κ2) is 4.12. The fourth-order valence-electron chi connectivity index (χ4n) is 2.50. The van der Waals surface area contributed by atoms with Crippen molar-refractivity contribution in [2.75, 3.05) is 6.54 Å². The Hall–Kier alpha value is -0.570. The highest BCUT2D eigenvalue weighted by atomic mass is 16.2. The van der Waals surface area contributed by atoms with Crippen LogP contribution in [-0.4, -0.2) is 18.5 Å². The van der Waals surface area contributed by atoms with Crippen LogP contribution in [0.15, 0.2) is 0 Å². The third-order valence-electron chi connectivity index (χ3n) is 3.98. The van der Waals surface area contributed by atoms with Crippen LogP contribution in [0.2, 0.25) is 0 Å². The maximum atomic E-state index is 11.9. The Morgan fingerprint density at radius 3 is 2.60 bits per heavy atom. The smallest absolute Gasteiger partial charge is 0.225 e. The molecule has 3 nitrogen and oxygen atoms in total. The SMILES string of the molecule is CC1(C(=O)NCC(N)C2CC2)CCCC1. The molecule has 86 valence electrons. The summed E-state index contributed by atoms with van der Waals surface area (Å²) < 4.78 is 0. The molecule has 2 aliphatic carbocycles. The standard InChI is InChI=1S/C12H22N2O/c1-12(6-2-3-7-12)11(15)14-8-10(13)9-4-5-9/h9-10H,2-8,13H2,1H3,(H,14,15). The Labute approximate surface area is 91.8 Å². The number of amides is 1. The number of hydrogen-bond donors (Lipinski definition) is 2. The summed E-state index contributed by atoms with van der Waals surface area (Å²) in [5.41, 5.74) is 5.85. The molecule has 0 radical (unpaired) electrons. The van der Waals surface area contributed by atoms with Crippen molar-refractivity contribution in [1.82, 2.24) is 5.32 Å². The number of carbonyl (C=O) groups excluding carboxylic acids is 1. The predicted octanol–water partition coefficient (Wildman–Crippen LogP) is 1.42. The van der Waals surface area contributed by atoms with Crippen molar-refractivity contribution >= 4 is 5.91 Å². The molecule has 3 heteroatoms. The maximum Gasteiger partial charge on any atom is 0.225 e. The quantitative estimate of drug-likeness (QED) is 0.737. The molecule has 0 saturated heterocycles. The van der Waals surface area contributed by atoms with Crippen LogP contribution >= 0.6 is 0 Å². The predicted molar refractivity (Wildman–Crippen MR) is 60.3 cm³/mol. The first-order valence-electron chi connectivity index (χ1n) is 6.16. The third-order valence-corrected chi connectivity index (χ3v) is 3.98. The second-order valence-corrected chi connectivity index (χ2v) is 5.48. The van der Waals surface area contributed by atoms with Gasteiger partial charge in [0.25, 0.3) is 0 Å². The largest absolute Gasteiger partial charge is 0.354 e. The summed E-state index contributed by atoms with van der Waals surface area (Å²) in [5.74, 6) is 0.887. The molecular formula is C12H22N2O. The highest BCUT2D eigenvalue weighted by Crippen LogP contribution is 2.37. The normalized spacial score (nSPS) is 26.3. The van der Waals surface area contributed by atoms with Crippen molar-refractivity contribution in [2.45, 2.75) is 51.5 Å². The van der Waals surface area contributed by atoms with Crippen molar-refractivity contribution in [1.29, 1.82) is 0 Å². The molecule has 0 aromatic carbocycles. The van der Waals surface area contributed by atoms with Crippen molar-refractivity contribution in [3.05, 3.63) is 0 Å².